The number of aromatic nitrogens is 1. The Kier molecular flexibility index (Phi) is 5.54. The maximum absolute atomic E-state index is 12.8. The Morgan fingerprint density at radius 1 is 0.964 bits per heavy atom. The molecule has 3 rings (SSSR count). The zero-order valence-corrected chi connectivity index (χ0v) is 16.2. The first-order valence-corrected chi connectivity index (χ1v) is 8.70. The van der Waals surface area contributed by atoms with Gasteiger partial charge in [-0.2, -0.15) is 0 Å². The molecule has 1 aromatic heterocycles. The van der Waals surface area contributed by atoms with Gasteiger partial charge in [0.05, 0.1) is 21.3 Å². The van der Waals surface area contributed by atoms with Gasteiger partial charge in [0.1, 0.15) is 11.8 Å². The Morgan fingerprint density at radius 2 is 1.71 bits per heavy atom. The van der Waals surface area contributed by atoms with E-state index in [1.54, 1.807) is 69.8 Å². The molecule has 7 nitrogen and oxygen atoms in total. The predicted molar refractivity (Wildman–Crippen MR) is 108 cm³/mol. The standard InChI is InChI=1S/C21H22N2O5/c1-13(20(24)22-15-5-8-18(27-3)19(12-15)28-4)23-10-9-14-11-16(26-2)6-7-17(14)21(23)25/h5-13H,1-4H3,(H,22,24). The molecule has 0 saturated heterocycles. The van der Waals surface area contributed by atoms with Gasteiger partial charge < -0.3 is 24.1 Å². The third kappa shape index (κ3) is 3.64. The number of ether oxygens (including phenoxy) is 3. The third-order valence-electron chi connectivity index (χ3n) is 4.59. The average Bonchev–Trinajstić information content (AvgIpc) is 2.73. The molecule has 1 heterocycles. The number of benzene rings is 2. The molecule has 0 aliphatic carbocycles. The summed E-state index contributed by atoms with van der Waals surface area (Å²) < 4.78 is 17.0. The van der Waals surface area contributed by atoms with Crippen LogP contribution in [0.1, 0.15) is 13.0 Å². The third-order valence-corrected chi connectivity index (χ3v) is 4.59. The minimum atomic E-state index is -0.702. The Balaban J connectivity index is 1.87. The molecule has 0 bridgehead atoms. The maximum atomic E-state index is 12.8. The van der Waals surface area contributed by atoms with Gasteiger partial charge in [-0.05, 0) is 48.7 Å². The van der Waals surface area contributed by atoms with Crippen molar-refractivity contribution in [3.05, 3.63) is 59.0 Å². The van der Waals surface area contributed by atoms with Crippen LogP contribution in [-0.4, -0.2) is 31.8 Å². The minimum absolute atomic E-state index is 0.241. The zero-order valence-electron chi connectivity index (χ0n) is 16.2. The highest BCUT2D eigenvalue weighted by molar-refractivity contribution is 5.94. The molecule has 1 N–H and O–H groups in total. The molecule has 3 aromatic rings. The van der Waals surface area contributed by atoms with Crippen molar-refractivity contribution >= 4 is 22.4 Å². The molecule has 2 aromatic carbocycles. The molecule has 0 saturated carbocycles. The molecule has 146 valence electrons. The predicted octanol–water partition coefficient (Wildman–Crippen LogP) is 3.23. The summed E-state index contributed by atoms with van der Waals surface area (Å²) in [6, 6.07) is 11.4. The van der Waals surface area contributed by atoms with Crippen molar-refractivity contribution in [2.75, 3.05) is 26.6 Å². The van der Waals surface area contributed by atoms with Crippen molar-refractivity contribution in [2.24, 2.45) is 0 Å². The second-order valence-electron chi connectivity index (χ2n) is 6.22. The summed E-state index contributed by atoms with van der Waals surface area (Å²) in [6.45, 7) is 1.67. The molecule has 7 heteroatoms. The highest BCUT2D eigenvalue weighted by atomic mass is 16.5. The first-order chi connectivity index (χ1) is 13.5. The minimum Gasteiger partial charge on any atom is -0.497 e. The number of pyridine rings is 1. The summed E-state index contributed by atoms with van der Waals surface area (Å²) in [5, 5.41) is 4.09. The summed E-state index contributed by atoms with van der Waals surface area (Å²) in [5.41, 5.74) is 0.309. The van der Waals surface area contributed by atoms with Crippen molar-refractivity contribution in [3.8, 4) is 17.2 Å². The van der Waals surface area contributed by atoms with E-state index in [4.69, 9.17) is 14.2 Å². The monoisotopic (exact) mass is 382 g/mol. The fourth-order valence-electron chi connectivity index (χ4n) is 2.96. The van der Waals surface area contributed by atoms with Crippen molar-refractivity contribution in [2.45, 2.75) is 13.0 Å². The second kappa shape index (κ2) is 8.04. The van der Waals surface area contributed by atoms with Crippen molar-refractivity contribution in [1.82, 2.24) is 4.57 Å². The van der Waals surface area contributed by atoms with E-state index in [-0.39, 0.29) is 11.5 Å². The van der Waals surface area contributed by atoms with Crippen LogP contribution in [0.25, 0.3) is 10.8 Å². The zero-order chi connectivity index (χ0) is 20.3. The highest BCUT2D eigenvalue weighted by Crippen LogP contribution is 2.30. The topological polar surface area (TPSA) is 78.8 Å². The summed E-state index contributed by atoms with van der Waals surface area (Å²) >= 11 is 0. The lowest BCUT2D eigenvalue weighted by atomic mass is 10.1. The van der Waals surface area contributed by atoms with Gasteiger partial charge in [-0.3, -0.25) is 9.59 Å². The highest BCUT2D eigenvalue weighted by Gasteiger charge is 2.18. The largest absolute Gasteiger partial charge is 0.497 e. The fourth-order valence-corrected chi connectivity index (χ4v) is 2.96. The number of carbonyl (C=O) groups excluding carboxylic acids is 1. The Labute approximate surface area is 162 Å². The molecule has 0 fully saturated rings. The summed E-state index contributed by atoms with van der Waals surface area (Å²) in [6.07, 6.45) is 1.61. The number of fused-ring (bicyclic) bond motifs is 1. The van der Waals surface area contributed by atoms with Crippen LogP contribution in [0, 0.1) is 0 Å². The van der Waals surface area contributed by atoms with E-state index in [1.165, 1.54) is 11.7 Å². The number of amides is 1. The van der Waals surface area contributed by atoms with Gasteiger partial charge in [-0.1, -0.05) is 0 Å². The van der Waals surface area contributed by atoms with Crippen molar-refractivity contribution < 1.29 is 19.0 Å². The summed E-state index contributed by atoms with van der Waals surface area (Å²) in [5.74, 6) is 1.42. The number of hydrogen-bond acceptors (Lipinski definition) is 5. The van der Waals surface area contributed by atoms with E-state index in [1.807, 2.05) is 0 Å². The number of nitrogens with zero attached hydrogens (tertiary/aromatic N) is 1. The number of carbonyl (C=O) groups is 1. The van der Waals surface area contributed by atoms with Gasteiger partial charge in [-0.25, -0.2) is 0 Å². The van der Waals surface area contributed by atoms with Crippen LogP contribution in [0.5, 0.6) is 17.2 Å². The number of hydrogen-bond donors (Lipinski definition) is 1. The molecule has 1 atom stereocenters. The van der Waals surface area contributed by atoms with E-state index in [2.05, 4.69) is 5.32 Å². The van der Waals surface area contributed by atoms with Crippen LogP contribution in [-0.2, 0) is 4.79 Å². The van der Waals surface area contributed by atoms with Crippen LogP contribution >= 0.6 is 0 Å². The average molecular weight is 382 g/mol. The molecule has 0 spiro atoms. The summed E-state index contributed by atoms with van der Waals surface area (Å²) in [7, 11) is 4.64. The molecule has 1 unspecified atom stereocenters. The van der Waals surface area contributed by atoms with Gasteiger partial charge in [0, 0.05) is 23.3 Å². The van der Waals surface area contributed by atoms with Gasteiger partial charge >= 0.3 is 0 Å². The quantitative estimate of drug-likeness (QED) is 0.708. The first-order valence-electron chi connectivity index (χ1n) is 8.70. The number of methoxy groups -OCH3 is 3. The molecular formula is C21H22N2O5. The first kappa shape index (κ1) is 19.3. The Bertz CT molecular complexity index is 1070. The van der Waals surface area contributed by atoms with Gasteiger partial charge in [0.25, 0.3) is 5.56 Å². The van der Waals surface area contributed by atoms with E-state index < -0.39 is 6.04 Å². The lowest BCUT2D eigenvalue weighted by Crippen LogP contribution is -2.31. The van der Waals surface area contributed by atoms with Crippen LogP contribution in [0.4, 0.5) is 5.69 Å². The van der Waals surface area contributed by atoms with Crippen LogP contribution in [0.2, 0.25) is 0 Å². The van der Waals surface area contributed by atoms with Crippen molar-refractivity contribution in [1.29, 1.82) is 0 Å². The SMILES string of the molecule is COc1ccc2c(=O)n(C(C)C(=O)Nc3ccc(OC)c(OC)c3)ccc2c1. The Morgan fingerprint density at radius 3 is 2.39 bits per heavy atom. The van der Waals surface area contributed by atoms with Gasteiger partial charge in [0.2, 0.25) is 5.91 Å². The summed E-state index contributed by atoms with van der Waals surface area (Å²) in [4.78, 5) is 25.5. The van der Waals surface area contributed by atoms with Gasteiger partial charge in [-0.15, -0.1) is 0 Å². The maximum Gasteiger partial charge on any atom is 0.259 e. The number of nitrogens with one attached hydrogen (secondary N) is 1. The smallest absolute Gasteiger partial charge is 0.259 e. The molecule has 1 amide bonds. The fraction of sp³-hybridized carbons (Fsp3) is 0.238. The number of rotatable bonds is 6. The molecule has 28 heavy (non-hydrogen) atoms. The Hall–Kier alpha value is -3.48. The number of anilines is 1. The molecular weight excluding hydrogens is 360 g/mol. The van der Waals surface area contributed by atoms with Crippen LogP contribution < -0.4 is 25.1 Å². The van der Waals surface area contributed by atoms with E-state index in [0.717, 1.165) is 5.39 Å². The normalized spacial score (nSPS) is 11.7. The lowest BCUT2D eigenvalue weighted by molar-refractivity contribution is -0.118. The van der Waals surface area contributed by atoms with Crippen LogP contribution in [0.15, 0.2) is 53.5 Å². The molecule has 0 aliphatic rings. The van der Waals surface area contributed by atoms with E-state index in [9.17, 15) is 9.59 Å². The molecule has 0 aliphatic heterocycles. The van der Waals surface area contributed by atoms with Crippen LogP contribution in [0.3, 0.4) is 0 Å². The van der Waals surface area contributed by atoms with Gasteiger partial charge in [0.15, 0.2) is 11.5 Å². The second-order valence-corrected chi connectivity index (χ2v) is 6.22. The van der Waals surface area contributed by atoms with E-state index in [0.29, 0.717) is 28.3 Å². The lowest BCUT2D eigenvalue weighted by Gasteiger charge is -2.17. The van der Waals surface area contributed by atoms with E-state index >= 15 is 0 Å². The van der Waals surface area contributed by atoms with Crippen molar-refractivity contribution in [3.63, 3.8) is 0 Å². The molecule has 0 radical (unpaired) electrons.